The van der Waals surface area contributed by atoms with Crippen LogP contribution in [0.4, 0.5) is 0 Å². The van der Waals surface area contributed by atoms with Crippen LogP contribution >= 0.6 is 0 Å². The van der Waals surface area contributed by atoms with Gasteiger partial charge >= 0.3 is 17.9 Å². The lowest BCUT2D eigenvalue weighted by Crippen LogP contribution is -2.47. The van der Waals surface area contributed by atoms with Crippen LogP contribution in [0.1, 0.15) is 53.9 Å². The number of hydrogen-bond acceptors (Lipinski definition) is 8. The van der Waals surface area contributed by atoms with E-state index in [2.05, 4.69) is 0 Å². The molecule has 1 aliphatic heterocycles. The van der Waals surface area contributed by atoms with Crippen LogP contribution in [0.5, 0.6) is 0 Å². The van der Waals surface area contributed by atoms with Gasteiger partial charge in [0.25, 0.3) is 0 Å². The Morgan fingerprint density at radius 1 is 0.923 bits per heavy atom. The van der Waals surface area contributed by atoms with Gasteiger partial charge in [0.1, 0.15) is 18.3 Å². The van der Waals surface area contributed by atoms with Crippen LogP contribution in [0.25, 0.3) is 0 Å². The highest BCUT2D eigenvalue weighted by Crippen LogP contribution is 2.39. The molecule has 2 rings (SSSR count). The van der Waals surface area contributed by atoms with E-state index in [0.29, 0.717) is 19.3 Å². The van der Waals surface area contributed by atoms with Crippen molar-refractivity contribution in [2.24, 2.45) is 5.92 Å². The first-order valence-corrected chi connectivity index (χ1v) is 8.91. The van der Waals surface area contributed by atoms with Crippen molar-refractivity contribution in [2.75, 3.05) is 6.61 Å². The zero-order chi connectivity index (χ0) is 19.5. The molecule has 2 aliphatic rings. The number of fused-ring (bicyclic) bond motifs is 1. The van der Waals surface area contributed by atoms with Crippen molar-refractivity contribution < 1.29 is 38.1 Å². The van der Waals surface area contributed by atoms with Gasteiger partial charge in [-0.25, -0.2) is 0 Å². The molecule has 8 heteroatoms. The van der Waals surface area contributed by atoms with E-state index in [1.54, 1.807) is 13.8 Å². The number of carbonyl (C=O) groups excluding carboxylic acids is 3. The maximum absolute atomic E-state index is 11.6. The number of esters is 3. The van der Waals surface area contributed by atoms with E-state index < -0.39 is 42.1 Å². The van der Waals surface area contributed by atoms with E-state index in [9.17, 15) is 14.4 Å². The summed E-state index contributed by atoms with van der Waals surface area (Å²) in [5.41, 5.74) is 0. The minimum Gasteiger partial charge on any atom is -0.465 e. The summed E-state index contributed by atoms with van der Waals surface area (Å²) >= 11 is 0. The third kappa shape index (κ3) is 5.67. The van der Waals surface area contributed by atoms with Crippen LogP contribution in [0.3, 0.4) is 0 Å². The average molecular weight is 372 g/mol. The Bertz CT molecular complexity index is 543. The van der Waals surface area contributed by atoms with Crippen LogP contribution in [0.15, 0.2) is 0 Å². The fourth-order valence-electron chi connectivity index (χ4n) is 3.62. The zero-order valence-corrected chi connectivity index (χ0v) is 16.0. The molecule has 0 radical (unpaired) electrons. The molecule has 5 atom stereocenters. The van der Waals surface area contributed by atoms with Gasteiger partial charge in [0.15, 0.2) is 5.79 Å². The van der Waals surface area contributed by atoms with Crippen molar-refractivity contribution in [3.05, 3.63) is 0 Å². The molecule has 0 bridgehead atoms. The summed E-state index contributed by atoms with van der Waals surface area (Å²) in [6.45, 7) is 7.75. The first kappa shape index (κ1) is 20.6. The van der Waals surface area contributed by atoms with Crippen LogP contribution < -0.4 is 0 Å². The molecule has 0 amide bonds. The summed E-state index contributed by atoms with van der Waals surface area (Å²) in [6.07, 6.45) is -0.455. The fourth-order valence-corrected chi connectivity index (χ4v) is 3.62. The lowest BCUT2D eigenvalue weighted by Gasteiger charge is -2.35. The largest absolute Gasteiger partial charge is 0.465 e. The maximum Gasteiger partial charge on any atom is 0.302 e. The molecule has 1 aliphatic carbocycles. The van der Waals surface area contributed by atoms with Gasteiger partial charge in [-0.1, -0.05) is 0 Å². The molecular formula is C18H28O8. The molecule has 26 heavy (non-hydrogen) atoms. The van der Waals surface area contributed by atoms with Gasteiger partial charge in [0.05, 0.1) is 12.7 Å². The minimum absolute atomic E-state index is 0.162. The number of hydrogen-bond donors (Lipinski definition) is 0. The van der Waals surface area contributed by atoms with Gasteiger partial charge in [-0.05, 0) is 26.7 Å². The summed E-state index contributed by atoms with van der Waals surface area (Å²) < 4.78 is 28.1. The lowest BCUT2D eigenvalue weighted by atomic mass is 9.84. The van der Waals surface area contributed by atoms with E-state index >= 15 is 0 Å². The van der Waals surface area contributed by atoms with Gasteiger partial charge in [-0.2, -0.15) is 0 Å². The van der Waals surface area contributed by atoms with Gasteiger partial charge in [0.2, 0.25) is 0 Å². The van der Waals surface area contributed by atoms with Crippen molar-refractivity contribution >= 4 is 17.9 Å². The highest BCUT2D eigenvalue weighted by molar-refractivity contribution is 5.67. The molecule has 1 heterocycles. The van der Waals surface area contributed by atoms with Gasteiger partial charge in [-0.3, -0.25) is 14.4 Å². The summed E-state index contributed by atoms with van der Waals surface area (Å²) in [5, 5.41) is 0. The predicted octanol–water partition coefficient (Wildman–Crippen LogP) is 1.73. The summed E-state index contributed by atoms with van der Waals surface area (Å²) in [7, 11) is 0. The smallest absolute Gasteiger partial charge is 0.302 e. The quantitative estimate of drug-likeness (QED) is 0.544. The van der Waals surface area contributed by atoms with E-state index in [4.69, 9.17) is 23.7 Å². The van der Waals surface area contributed by atoms with Crippen molar-refractivity contribution in [3.8, 4) is 0 Å². The van der Waals surface area contributed by atoms with E-state index in [0.717, 1.165) is 0 Å². The molecule has 0 aromatic heterocycles. The molecule has 8 nitrogen and oxygen atoms in total. The highest BCUT2D eigenvalue weighted by Gasteiger charge is 2.51. The monoisotopic (exact) mass is 372 g/mol. The third-order valence-electron chi connectivity index (χ3n) is 4.50. The second-order valence-electron chi connectivity index (χ2n) is 7.32. The summed E-state index contributed by atoms with van der Waals surface area (Å²) in [4.78, 5) is 34.2. The molecule has 0 aromatic rings. The first-order valence-electron chi connectivity index (χ1n) is 8.91. The Kier molecular flexibility index (Phi) is 6.63. The van der Waals surface area contributed by atoms with Crippen molar-refractivity contribution in [1.29, 1.82) is 0 Å². The van der Waals surface area contributed by atoms with Crippen molar-refractivity contribution in [2.45, 2.75) is 84.1 Å². The first-order chi connectivity index (χ1) is 12.1. The topological polar surface area (TPSA) is 97.4 Å². The van der Waals surface area contributed by atoms with Gasteiger partial charge < -0.3 is 23.7 Å². The molecule has 0 spiro atoms. The molecule has 1 saturated carbocycles. The van der Waals surface area contributed by atoms with Crippen LogP contribution in [-0.2, 0) is 38.1 Å². The van der Waals surface area contributed by atoms with Crippen LogP contribution in [-0.4, -0.2) is 54.7 Å². The predicted molar refractivity (Wildman–Crippen MR) is 88.9 cm³/mol. The number of carbonyl (C=O) groups is 3. The molecular weight excluding hydrogens is 344 g/mol. The maximum atomic E-state index is 11.6. The normalized spacial score (nSPS) is 33.3. The second-order valence-corrected chi connectivity index (χ2v) is 7.32. The minimum atomic E-state index is -0.858. The second kappa shape index (κ2) is 8.35. The average Bonchev–Trinajstić information content (AvgIpc) is 2.79. The molecule has 0 N–H and O–H groups in total. The van der Waals surface area contributed by atoms with Gasteiger partial charge in [0, 0.05) is 33.1 Å². The van der Waals surface area contributed by atoms with E-state index in [1.165, 1.54) is 20.8 Å². The number of ether oxygens (including phenoxy) is 5. The molecule has 0 unspecified atom stereocenters. The Morgan fingerprint density at radius 2 is 1.54 bits per heavy atom. The molecule has 148 valence electrons. The Labute approximate surface area is 153 Å². The highest BCUT2D eigenvalue weighted by atomic mass is 16.8. The standard InChI is InChI=1S/C18H28O8/c1-10(19)22-9-13-6-7-14(23-11(2)20)8-15(24-12(3)21)17-16(13)25-18(4,5)26-17/h13-17H,6-9H2,1-5H3/t13-,14-,15-,16+,17-/m1/s1. The molecule has 0 aromatic carbocycles. The van der Waals surface area contributed by atoms with Crippen molar-refractivity contribution in [1.82, 2.24) is 0 Å². The summed E-state index contributed by atoms with van der Waals surface area (Å²) in [5.74, 6) is -2.24. The fraction of sp³-hybridized carbons (Fsp3) is 0.833. The molecule has 1 saturated heterocycles. The van der Waals surface area contributed by atoms with Crippen LogP contribution in [0, 0.1) is 5.92 Å². The molecule has 2 fully saturated rings. The Hall–Kier alpha value is -1.67. The summed E-state index contributed by atoms with van der Waals surface area (Å²) in [6, 6.07) is 0. The Balaban J connectivity index is 2.27. The number of rotatable bonds is 4. The lowest BCUT2D eigenvalue weighted by molar-refractivity contribution is -0.174. The van der Waals surface area contributed by atoms with Crippen molar-refractivity contribution in [3.63, 3.8) is 0 Å². The zero-order valence-electron chi connectivity index (χ0n) is 16.0. The van der Waals surface area contributed by atoms with Gasteiger partial charge in [-0.15, -0.1) is 0 Å². The van der Waals surface area contributed by atoms with E-state index in [-0.39, 0.29) is 18.5 Å². The van der Waals surface area contributed by atoms with E-state index in [1.807, 2.05) is 0 Å². The van der Waals surface area contributed by atoms with Crippen LogP contribution in [0.2, 0.25) is 0 Å². The Morgan fingerprint density at radius 3 is 2.12 bits per heavy atom. The SMILES string of the molecule is CC(=O)OC[C@H]1CC[C@@H](OC(C)=O)C[C@@H](OC(C)=O)[C@H]2OC(C)(C)O[C@@H]12. The third-order valence-corrected chi connectivity index (χ3v) is 4.50.